The van der Waals surface area contributed by atoms with Gasteiger partial charge < -0.3 is 9.80 Å². The van der Waals surface area contributed by atoms with Crippen molar-refractivity contribution in [2.75, 3.05) is 38.1 Å². The topological polar surface area (TPSA) is 45.2 Å². The van der Waals surface area contributed by atoms with E-state index in [4.69, 9.17) is 0 Å². The minimum absolute atomic E-state index is 0.733. The predicted octanol–water partition coefficient (Wildman–Crippen LogP) is 1.21. The van der Waals surface area contributed by atoms with Gasteiger partial charge in [0.1, 0.15) is 11.6 Å². The molecule has 1 aliphatic heterocycles. The molecule has 3 heterocycles. The summed E-state index contributed by atoms with van der Waals surface area (Å²) in [6, 6.07) is 6.05. The van der Waals surface area contributed by atoms with Gasteiger partial charge in [-0.25, -0.2) is 15.0 Å². The molecule has 104 valence electrons. The Morgan fingerprint density at radius 1 is 1.00 bits per heavy atom. The van der Waals surface area contributed by atoms with Crippen molar-refractivity contribution >= 4 is 5.82 Å². The third-order valence-electron chi connectivity index (χ3n) is 3.62. The molecule has 0 aliphatic carbocycles. The molecule has 5 nitrogen and oxygen atoms in total. The minimum Gasteiger partial charge on any atom is -0.354 e. The lowest BCUT2D eigenvalue weighted by Gasteiger charge is -2.33. The maximum absolute atomic E-state index is 4.58. The van der Waals surface area contributed by atoms with Gasteiger partial charge in [0.05, 0.1) is 0 Å². The number of likely N-dealkylation sites (N-methyl/N-ethyl adjacent to an activating group) is 1. The maximum Gasteiger partial charge on any atom is 0.132 e. The van der Waals surface area contributed by atoms with Crippen molar-refractivity contribution in [3.8, 4) is 0 Å². The largest absolute Gasteiger partial charge is 0.354 e. The fraction of sp³-hybridized carbons (Fsp3) is 0.400. The summed E-state index contributed by atoms with van der Waals surface area (Å²) in [5.41, 5.74) is 1.15. The normalized spacial score (nSPS) is 16.4. The second kappa shape index (κ2) is 5.96. The summed E-state index contributed by atoms with van der Waals surface area (Å²) >= 11 is 0. The van der Waals surface area contributed by atoms with E-state index < -0.39 is 0 Å². The Labute approximate surface area is 119 Å². The molecule has 5 heteroatoms. The van der Waals surface area contributed by atoms with Gasteiger partial charge in [0.25, 0.3) is 0 Å². The molecule has 0 radical (unpaired) electrons. The first-order valence-electron chi connectivity index (χ1n) is 6.95. The Morgan fingerprint density at radius 3 is 2.40 bits per heavy atom. The zero-order valence-corrected chi connectivity index (χ0v) is 11.7. The SMILES string of the molecule is CN1CCN(c2ccc(Cc3ncccn3)cn2)CC1. The Bertz CT molecular complexity index is 532. The van der Waals surface area contributed by atoms with E-state index in [0.29, 0.717) is 0 Å². The highest BCUT2D eigenvalue weighted by Gasteiger charge is 2.14. The van der Waals surface area contributed by atoms with Gasteiger partial charge in [0.15, 0.2) is 0 Å². The molecule has 0 bridgehead atoms. The molecule has 0 amide bonds. The number of anilines is 1. The summed E-state index contributed by atoms with van der Waals surface area (Å²) in [6.45, 7) is 4.29. The molecule has 2 aromatic heterocycles. The van der Waals surface area contributed by atoms with E-state index in [0.717, 1.165) is 49.8 Å². The van der Waals surface area contributed by atoms with Crippen molar-refractivity contribution in [1.29, 1.82) is 0 Å². The molecule has 0 aromatic carbocycles. The number of hydrogen-bond acceptors (Lipinski definition) is 5. The first-order chi connectivity index (χ1) is 9.81. The van der Waals surface area contributed by atoms with E-state index in [1.807, 2.05) is 12.3 Å². The summed E-state index contributed by atoms with van der Waals surface area (Å²) in [5, 5.41) is 0. The average Bonchev–Trinajstić information content (AvgIpc) is 2.50. The van der Waals surface area contributed by atoms with Crippen molar-refractivity contribution in [3.63, 3.8) is 0 Å². The highest BCUT2D eigenvalue weighted by atomic mass is 15.3. The lowest BCUT2D eigenvalue weighted by atomic mass is 10.2. The second-order valence-corrected chi connectivity index (χ2v) is 5.16. The molecular weight excluding hydrogens is 250 g/mol. The van der Waals surface area contributed by atoms with Crippen LogP contribution >= 0.6 is 0 Å². The Morgan fingerprint density at radius 2 is 1.75 bits per heavy atom. The Balaban J connectivity index is 1.65. The van der Waals surface area contributed by atoms with Crippen LogP contribution in [0.3, 0.4) is 0 Å². The highest BCUT2D eigenvalue weighted by molar-refractivity contribution is 5.40. The fourth-order valence-corrected chi connectivity index (χ4v) is 2.35. The van der Waals surface area contributed by atoms with Crippen LogP contribution in [0.15, 0.2) is 36.8 Å². The summed E-state index contributed by atoms with van der Waals surface area (Å²) < 4.78 is 0. The smallest absolute Gasteiger partial charge is 0.132 e. The number of aromatic nitrogens is 3. The zero-order chi connectivity index (χ0) is 13.8. The van der Waals surface area contributed by atoms with Crippen LogP contribution in [0.1, 0.15) is 11.4 Å². The van der Waals surface area contributed by atoms with E-state index in [-0.39, 0.29) is 0 Å². The lowest BCUT2D eigenvalue weighted by molar-refractivity contribution is 0.312. The number of piperazine rings is 1. The van der Waals surface area contributed by atoms with Crippen molar-refractivity contribution < 1.29 is 0 Å². The quantitative estimate of drug-likeness (QED) is 0.838. The van der Waals surface area contributed by atoms with Crippen LogP contribution in [0.5, 0.6) is 0 Å². The maximum atomic E-state index is 4.58. The first kappa shape index (κ1) is 13.0. The van der Waals surface area contributed by atoms with Crippen LogP contribution in [0, 0.1) is 0 Å². The van der Waals surface area contributed by atoms with Gasteiger partial charge in [-0.1, -0.05) is 6.07 Å². The molecule has 0 N–H and O–H groups in total. The van der Waals surface area contributed by atoms with Crippen molar-refractivity contribution in [2.45, 2.75) is 6.42 Å². The van der Waals surface area contributed by atoms with E-state index in [9.17, 15) is 0 Å². The van der Waals surface area contributed by atoms with Gasteiger partial charge in [-0.05, 0) is 24.7 Å². The summed E-state index contributed by atoms with van der Waals surface area (Å²) in [5.74, 6) is 1.90. The zero-order valence-electron chi connectivity index (χ0n) is 11.7. The minimum atomic E-state index is 0.733. The van der Waals surface area contributed by atoms with Gasteiger partial charge in [-0.2, -0.15) is 0 Å². The van der Waals surface area contributed by atoms with Crippen LogP contribution in [0.4, 0.5) is 5.82 Å². The molecule has 0 saturated carbocycles. The average molecular weight is 269 g/mol. The molecule has 3 rings (SSSR count). The predicted molar refractivity (Wildman–Crippen MR) is 78.8 cm³/mol. The number of hydrogen-bond donors (Lipinski definition) is 0. The molecule has 1 fully saturated rings. The van der Waals surface area contributed by atoms with Crippen LogP contribution in [0.25, 0.3) is 0 Å². The van der Waals surface area contributed by atoms with Crippen LogP contribution in [-0.2, 0) is 6.42 Å². The van der Waals surface area contributed by atoms with Crippen molar-refractivity contribution in [1.82, 2.24) is 19.9 Å². The lowest BCUT2D eigenvalue weighted by Crippen LogP contribution is -2.44. The third kappa shape index (κ3) is 3.11. The van der Waals surface area contributed by atoms with Gasteiger partial charge in [0.2, 0.25) is 0 Å². The second-order valence-electron chi connectivity index (χ2n) is 5.16. The van der Waals surface area contributed by atoms with Gasteiger partial charge in [-0.15, -0.1) is 0 Å². The van der Waals surface area contributed by atoms with E-state index >= 15 is 0 Å². The van der Waals surface area contributed by atoms with E-state index in [2.05, 4.69) is 43.9 Å². The van der Waals surface area contributed by atoms with Gasteiger partial charge in [0, 0.05) is 51.2 Å². The summed E-state index contributed by atoms with van der Waals surface area (Å²) in [4.78, 5) is 17.7. The Hall–Kier alpha value is -2.01. The van der Waals surface area contributed by atoms with Crippen LogP contribution in [-0.4, -0.2) is 53.1 Å². The number of rotatable bonds is 3. The van der Waals surface area contributed by atoms with Gasteiger partial charge in [-0.3, -0.25) is 0 Å². The number of pyridine rings is 1. The van der Waals surface area contributed by atoms with E-state index in [1.54, 1.807) is 12.4 Å². The first-order valence-corrected chi connectivity index (χ1v) is 6.95. The molecule has 1 saturated heterocycles. The monoisotopic (exact) mass is 269 g/mol. The van der Waals surface area contributed by atoms with Gasteiger partial charge >= 0.3 is 0 Å². The standard InChI is InChI=1S/C15H19N5/c1-19-7-9-20(10-8-19)15-4-3-13(12-18-15)11-14-16-5-2-6-17-14/h2-6,12H,7-11H2,1H3. The molecular formula is C15H19N5. The van der Waals surface area contributed by atoms with E-state index in [1.165, 1.54) is 0 Å². The molecule has 20 heavy (non-hydrogen) atoms. The fourth-order valence-electron chi connectivity index (χ4n) is 2.35. The summed E-state index contributed by atoms with van der Waals surface area (Å²) in [7, 11) is 2.16. The number of nitrogens with zero attached hydrogens (tertiary/aromatic N) is 5. The van der Waals surface area contributed by atoms with Crippen LogP contribution < -0.4 is 4.90 Å². The van der Waals surface area contributed by atoms with Crippen molar-refractivity contribution in [2.24, 2.45) is 0 Å². The highest BCUT2D eigenvalue weighted by Crippen LogP contribution is 2.14. The Kier molecular flexibility index (Phi) is 3.87. The third-order valence-corrected chi connectivity index (χ3v) is 3.62. The molecule has 1 aliphatic rings. The molecule has 0 atom stereocenters. The summed E-state index contributed by atoms with van der Waals surface area (Å²) in [6.07, 6.45) is 6.21. The van der Waals surface area contributed by atoms with Crippen LogP contribution in [0.2, 0.25) is 0 Å². The molecule has 0 spiro atoms. The molecule has 2 aromatic rings. The van der Waals surface area contributed by atoms with Crippen molar-refractivity contribution in [3.05, 3.63) is 48.2 Å². The molecule has 0 unspecified atom stereocenters.